The Morgan fingerprint density at radius 1 is 1.21 bits per heavy atom. The first kappa shape index (κ1) is 13.2. The summed E-state index contributed by atoms with van der Waals surface area (Å²) in [4.78, 5) is 13.1. The van der Waals surface area contributed by atoms with Crippen molar-refractivity contribution >= 4 is 6.09 Å². The molecule has 1 heterocycles. The summed E-state index contributed by atoms with van der Waals surface area (Å²) in [5.74, 6) is 0. The fourth-order valence-corrected chi connectivity index (χ4v) is 1.23. The summed E-state index contributed by atoms with van der Waals surface area (Å²) in [6.45, 7) is 7.38. The molecule has 0 atom stereocenters. The van der Waals surface area contributed by atoms with E-state index in [-0.39, 0.29) is 11.7 Å². The average Bonchev–Trinajstić information content (AvgIpc) is 2.56. The van der Waals surface area contributed by atoms with Crippen LogP contribution in [0.25, 0.3) is 0 Å². The zero-order valence-corrected chi connectivity index (χ0v) is 9.67. The topological polar surface area (TPSA) is 55.6 Å². The van der Waals surface area contributed by atoms with Crippen LogP contribution in [0.15, 0.2) is 0 Å². The van der Waals surface area contributed by atoms with Crippen molar-refractivity contribution in [2.75, 3.05) is 20.1 Å². The van der Waals surface area contributed by atoms with E-state index in [0.29, 0.717) is 0 Å². The van der Waals surface area contributed by atoms with Crippen molar-refractivity contribution in [1.82, 2.24) is 4.90 Å². The quantitative estimate of drug-likeness (QED) is 0.649. The van der Waals surface area contributed by atoms with Crippen LogP contribution in [0.5, 0.6) is 0 Å². The van der Waals surface area contributed by atoms with Crippen molar-refractivity contribution in [1.29, 1.82) is 0 Å². The molecule has 14 heavy (non-hydrogen) atoms. The molecule has 0 bridgehead atoms. The van der Waals surface area contributed by atoms with Gasteiger partial charge in [-0.05, 0) is 40.7 Å². The van der Waals surface area contributed by atoms with Crippen LogP contribution in [-0.4, -0.2) is 36.7 Å². The molecule has 0 aromatic carbocycles. The van der Waals surface area contributed by atoms with E-state index >= 15 is 0 Å². The third-order valence-electron chi connectivity index (χ3n) is 1.76. The third-order valence-corrected chi connectivity index (χ3v) is 1.76. The van der Waals surface area contributed by atoms with Gasteiger partial charge in [0.2, 0.25) is 0 Å². The number of likely N-dealkylation sites (tertiary alicyclic amines) is 1. The van der Waals surface area contributed by atoms with Gasteiger partial charge in [0.05, 0.1) is 0 Å². The Balaban J connectivity index is 0.000000791. The van der Waals surface area contributed by atoms with Crippen molar-refractivity contribution in [3.05, 3.63) is 0 Å². The van der Waals surface area contributed by atoms with E-state index in [9.17, 15) is 4.79 Å². The monoisotopic (exact) mass is 202 g/mol. The van der Waals surface area contributed by atoms with Gasteiger partial charge in [-0.2, -0.15) is 0 Å². The second kappa shape index (κ2) is 5.86. The molecule has 84 valence electrons. The molecule has 1 fully saturated rings. The number of hydrogen-bond donors (Lipinski definition) is 1. The fraction of sp³-hybridized carbons (Fsp3) is 0.900. The lowest BCUT2D eigenvalue weighted by Crippen LogP contribution is -2.34. The number of carbonyl (C=O) groups excluding carboxylic acids is 1. The maximum Gasteiger partial charge on any atom is 0.410 e. The molecule has 0 spiro atoms. The molecule has 1 saturated heterocycles. The molecule has 1 amide bonds. The van der Waals surface area contributed by atoms with Crippen molar-refractivity contribution in [2.24, 2.45) is 5.73 Å². The Labute approximate surface area is 86.4 Å². The van der Waals surface area contributed by atoms with E-state index in [1.165, 1.54) is 7.05 Å². The molecule has 0 aliphatic carbocycles. The van der Waals surface area contributed by atoms with Crippen molar-refractivity contribution in [2.45, 2.75) is 39.2 Å². The fourth-order valence-electron chi connectivity index (χ4n) is 1.23. The van der Waals surface area contributed by atoms with Gasteiger partial charge >= 0.3 is 6.09 Å². The van der Waals surface area contributed by atoms with Gasteiger partial charge in [-0.3, -0.25) is 0 Å². The zero-order valence-electron chi connectivity index (χ0n) is 9.67. The normalized spacial score (nSPS) is 15.9. The minimum Gasteiger partial charge on any atom is -0.444 e. The van der Waals surface area contributed by atoms with Gasteiger partial charge in [0.1, 0.15) is 5.60 Å². The first-order chi connectivity index (χ1) is 6.49. The molecule has 1 rings (SSSR count). The maximum absolute atomic E-state index is 11.4. The average molecular weight is 202 g/mol. The van der Waals surface area contributed by atoms with E-state index in [4.69, 9.17) is 4.74 Å². The largest absolute Gasteiger partial charge is 0.444 e. The number of carbonyl (C=O) groups is 1. The van der Waals surface area contributed by atoms with Crippen LogP contribution in [0.2, 0.25) is 0 Å². The molecule has 4 nitrogen and oxygen atoms in total. The van der Waals surface area contributed by atoms with E-state index in [1.807, 2.05) is 20.8 Å². The summed E-state index contributed by atoms with van der Waals surface area (Å²) in [5, 5.41) is 0. The van der Waals surface area contributed by atoms with E-state index in [2.05, 4.69) is 5.73 Å². The number of ether oxygens (including phenoxy) is 1. The Hall–Kier alpha value is -0.770. The molecule has 1 aliphatic heterocycles. The minimum absolute atomic E-state index is 0.167. The molecular formula is C10H22N2O2. The predicted octanol–water partition coefficient (Wildman–Crippen LogP) is 1.59. The molecule has 4 heteroatoms. The molecule has 0 aromatic heterocycles. The van der Waals surface area contributed by atoms with Crippen LogP contribution in [0.4, 0.5) is 4.79 Å². The maximum atomic E-state index is 11.4. The van der Waals surface area contributed by atoms with Crippen LogP contribution in [0, 0.1) is 0 Å². The summed E-state index contributed by atoms with van der Waals surface area (Å²) < 4.78 is 5.21. The van der Waals surface area contributed by atoms with Crippen LogP contribution in [0.1, 0.15) is 33.6 Å². The summed E-state index contributed by atoms with van der Waals surface area (Å²) in [5.41, 5.74) is 4.14. The van der Waals surface area contributed by atoms with Crippen LogP contribution in [-0.2, 0) is 4.74 Å². The van der Waals surface area contributed by atoms with Crippen molar-refractivity contribution < 1.29 is 9.53 Å². The van der Waals surface area contributed by atoms with Crippen LogP contribution < -0.4 is 5.73 Å². The van der Waals surface area contributed by atoms with Gasteiger partial charge in [0.15, 0.2) is 0 Å². The lowest BCUT2D eigenvalue weighted by Gasteiger charge is -2.23. The molecule has 0 saturated carbocycles. The minimum atomic E-state index is -0.361. The second-order valence-corrected chi connectivity index (χ2v) is 4.17. The Bertz CT molecular complexity index is 169. The van der Waals surface area contributed by atoms with E-state index in [0.717, 1.165) is 25.9 Å². The highest BCUT2D eigenvalue weighted by Gasteiger charge is 2.23. The van der Waals surface area contributed by atoms with E-state index < -0.39 is 0 Å². The number of nitrogens with two attached hydrogens (primary N) is 1. The van der Waals surface area contributed by atoms with Crippen LogP contribution >= 0.6 is 0 Å². The highest BCUT2D eigenvalue weighted by atomic mass is 16.6. The molecule has 0 aromatic rings. The van der Waals surface area contributed by atoms with Gasteiger partial charge in [0, 0.05) is 13.1 Å². The van der Waals surface area contributed by atoms with Gasteiger partial charge in [-0.1, -0.05) is 0 Å². The SMILES string of the molecule is CC(C)(C)OC(=O)N1CCCC1.CN. The number of hydrogen-bond acceptors (Lipinski definition) is 3. The zero-order chi connectivity index (χ0) is 11.2. The predicted molar refractivity (Wildman–Crippen MR) is 57.2 cm³/mol. The number of rotatable bonds is 0. The van der Waals surface area contributed by atoms with E-state index in [1.54, 1.807) is 4.90 Å². The van der Waals surface area contributed by atoms with Gasteiger partial charge in [-0.25, -0.2) is 4.79 Å². The summed E-state index contributed by atoms with van der Waals surface area (Å²) >= 11 is 0. The lowest BCUT2D eigenvalue weighted by atomic mass is 10.2. The molecule has 0 radical (unpaired) electrons. The smallest absolute Gasteiger partial charge is 0.410 e. The highest BCUT2D eigenvalue weighted by molar-refractivity contribution is 5.68. The van der Waals surface area contributed by atoms with Gasteiger partial charge in [-0.15, -0.1) is 0 Å². The molecule has 1 aliphatic rings. The van der Waals surface area contributed by atoms with Crippen molar-refractivity contribution in [3.63, 3.8) is 0 Å². The standard InChI is InChI=1S/C9H17NO2.CH5N/c1-9(2,3)12-8(11)10-6-4-5-7-10;1-2/h4-7H2,1-3H3;2H2,1H3. The Morgan fingerprint density at radius 2 is 1.64 bits per heavy atom. The number of nitrogens with zero attached hydrogens (tertiary/aromatic N) is 1. The summed E-state index contributed by atoms with van der Waals surface area (Å²) in [6, 6.07) is 0. The Kier molecular flexibility index (Phi) is 5.53. The first-order valence-corrected chi connectivity index (χ1v) is 5.05. The lowest BCUT2D eigenvalue weighted by molar-refractivity contribution is 0.0295. The van der Waals surface area contributed by atoms with Gasteiger partial charge < -0.3 is 15.4 Å². The highest BCUT2D eigenvalue weighted by Crippen LogP contribution is 2.14. The second-order valence-electron chi connectivity index (χ2n) is 4.17. The van der Waals surface area contributed by atoms with Crippen molar-refractivity contribution in [3.8, 4) is 0 Å². The summed E-state index contributed by atoms with van der Waals surface area (Å²) in [7, 11) is 1.50. The van der Waals surface area contributed by atoms with Gasteiger partial charge in [0.25, 0.3) is 0 Å². The third kappa shape index (κ3) is 5.07. The molecule has 2 N–H and O–H groups in total. The van der Waals surface area contributed by atoms with Crippen LogP contribution in [0.3, 0.4) is 0 Å². The molecular weight excluding hydrogens is 180 g/mol. The first-order valence-electron chi connectivity index (χ1n) is 5.05. The number of amides is 1. The Morgan fingerprint density at radius 3 is 2.00 bits per heavy atom. The molecule has 0 unspecified atom stereocenters. The summed E-state index contributed by atoms with van der Waals surface area (Å²) in [6.07, 6.45) is 2.05.